The molecule has 0 saturated heterocycles. The minimum absolute atomic E-state index is 0.0161. The molecule has 3 rings (SSSR count). The Labute approximate surface area is 139 Å². The Bertz CT molecular complexity index is 892. The van der Waals surface area contributed by atoms with E-state index >= 15 is 0 Å². The molecular weight excluding hydrogens is 302 g/mol. The largest absolute Gasteiger partial charge is 0.376 e. The highest BCUT2D eigenvalue weighted by Crippen LogP contribution is 2.22. The van der Waals surface area contributed by atoms with Gasteiger partial charge in [-0.3, -0.25) is 9.59 Å². The normalized spacial score (nSPS) is 10.4. The molecule has 1 heterocycles. The van der Waals surface area contributed by atoms with Gasteiger partial charge in [-0.2, -0.15) is 0 Å². The van der Waals surface area contributed by atoms with Crippen LogP contribution in [0.1, 0.15) is 17.4 Å². The van der Waals surface area contributed by atoms with E-state index in [1.165, 1.54) is 6.92 Å². The van der Waals surface area contributed by atoms with Crippen LogP contribution < -0.4 is 10.6 Å². The van der Waals surface area contributed by atoms with Crippen molar-refractivity contribution in [3.8, 4) is 0 Å². The van der Waals surface area contributed by atoms with Crippen LogP contribution in [0.3, 0.4) is 0 Å². The number of nitrogens with zero attached hydrogens (tertiary/aromatic N) is 1. The molecule has 5 heteroatoms. The van der Waals surface area contributed by atoms with Crippen LogP contribution >= 0.6 is 0 Å². The number of para-hydroxylation sites is 2. The Morgan fingerprint density at radius 1 is 1.00 bits per heavy atom. The number of anilines is 2. The van der Waals surface area contributed by atoms with Crippen LogP contribution in [-0.4, -0.2) is 23.2 Å². The summed E-state index contributed by atoms with van der Waals surface area (Å²) in [6, 6.07) is 18.6. The Morgan fingerprint density at radius 3 is 2.46 bits per heavy atom. The van der Waals surface area contributed by atoms with Crippen molar-refractivity contribution >= 4 is 34.0 Å². The highest BCUT2D eigenvalue weighted by atomic mass is 16.2. The number of carbonyl (C=O) groups excluding carboxylic acids is 2. The lowest BCUT2D eigenvalue weighted by Gasteiger charge is -2.12. The predicted molar refractivity (Wildman–Crippen MR) is 95.3 cm³/mol. The summed E-state index contributed by atoms with van der Waals surface area (Å²) in [4.78, 5) is 28.4. The van der Waals surface area contributed by atoms with Crippen molar-refractivity contribution < 1.29 is 9.59 Å². The smallest absolute Gasteiger partial charge is 0.276 e. The zero-order valence-electron chi connectivity index (χ0n) is 13.2. The molecule has 1 aromatic heterocycles. The maximum absolute atomic E-state index is 12.6. The van der Waals surface area contributed by atoms with Gasteiger partial charge < -0.3 is 10.6 Å². The highest BCUT2D eigenvalue weighted by Gasteiger charge is 2.15. The third kappa shape index (κ3) is 3.57. The molecule has 5 nitrogen and oxygen atoms in total. The molecule has 0 atom stereocenters. The van der Waals surface area contributed by atoms with Crippen LogP contribution in [0.5, 0.6) is 0 Å². The Kier molecular flexibility index (Phi) is 4.52. The Balaban J connectivity index is 1.98. The van der Waals surface area contributed by atoms with Gasteiger partial charge in [0.2, 0.25) is 0 Å². The topological polar surface area (TPSA) is 71.1 Å². The minimum atomic E-state index is -0.321. The van der Waals surface area contributed by atoms with Crippen molar-refractivity contribution in [2.45, 2.75) is 6.92 Å². The average Bonchev–Trinajstić information content (AvgIpc) is 2.60. The van der Waals surface area contributed by atoms with Gasteiger partial charge in [0.15, 0.2) is 5.69 Å². The first-order valence-electron chi connectivity index (χ1n) is 7.63. The first kappa shape index (κ1) is 15.7. The van der Waals surface area contributed by atoms with Gasteiger partial charge in [0.25, 0.3) is 5.91 Å². The number of Topliss-reactive ketones (excluding diaryl/α,β-unsaturated/α-hetero) is 1. The number of rotatable bonds is 5. The van der Waals surface area contributed by atoms with Crippen molar-refractivity contribution in [1.82, 2.24) is 4.98 Å². The van der Waals surface area contributed by atoms with Gasteiger partial charge in [0, 0.05) is 11.1 Å². The second-order valence-electron chi connectivity index (χ2n) is 5.45. The summed E-state index contributed by atoms with van der Waals surface area (Å²) in [5.74, 6) is -0.337. The Morgan fingerprint density at radius 2 is 1.71 bits per heavy atom. The summed E-state index contributed by atoms with van der Waals surface area (Å²) in [5.41, 5.74) is 2.22. The van der Waals surface area contributed by atoms with E-state index in [1.54, 1.807) is 0 Å². The fraction of sp³-hybridized carbons (Fsp3) is 0.105. The fourth-order valence-corrected chi connectivity index (χ4v) is 2.36. The van der Waals surface area contributed by atoms with Crippen molar-refractivity contribution in [1.29, 1.82) is 0 Å². The lowest BCUT2D eigenvalue weighted by Crippen LogP contribution is -2.18. The van der Waals surface area contributed by atoms with Crippen LogP contribution in [0.25, 0.3) is 10.9 Å². The molecule has 3 aromatic rings. The van der Waals surface area contributed by atoms with E-state index in [9.17, 15) is 9.59 Å². The molecule has 0 radical (unpaired) electrons. The number of carbonyl (C=O) groups is 2. The molecule has 120 valence electrons. The molecule has 0 bridgehead atoms. The zero-order chi connectivity index (χ0) is 16.9. The van der Waals surface area contributed by atoms with Crippen LogP contribution in [-0.2, 0) is 4.79 Å². The second-order valence-corrected chi connectivity index (χ2v) is 5.45. The van der Waals surface area contributed by atoms with Crippen LogP contribution in [0.4, 0.5) is 11.4 Å². The van der Waals surface area contributed by atoms with Crippen molar-refractivity contribution in [2.24, 2.45) is 0 Å². The molecule has 1 amide bonds. The van der Waals surface area contributed by atoms with Gasteiger partial charge in [-0.25, -0.2) is 4.98 Å². The van der Waals surface area contributed by atoms with Crippen molar-refractivity contribution in [3.05, 3.63) is 66.4 Å². The van der Waals surface area contributed by atoms with Gasteiger partial charge in [-0.05, 0) is 31.2 Å². The van der Waals surface area contributed by atoms with Gasteiger partial charge in [-0.15, -0.1) is 0 Å². The molecule has 2 N–H and O–H groups in total. The Hall–Kier alpha value is -3.21. The molecule has 24 heavy (non-hydrogen) atoms. The summed E-state index contributed by atoms with van der Waals surface area (Å²) in [6.45, 7) is 1.64. The van der Waals surface area contributed by atoms with E-state index in [2.05, 4.69) is 15.6 Å². The highest BCUT2D eigenvalue weighted by molar-refractivity contribution is 6.08. The maximum atomic E-state index is 12.6. The molecule has 0 spiro atoms. The van der Waals surface area contributed by atoms with E-state index in [0.717, 1.165) is 10.9 Å². The second kappa shape index (κ2) is 6.91. The predicted octanol–water partition coefficient (Wildman–Crippen LogP) is 3.49. The standard InChI is InChI=1S/C19H17N3O2/c1-13(23)12-20-17-11-14-7-5-6-10-16(14)22-18(17)19(24)21-15-8-3-2-4-9-15/h2-11,20H,12H2,1H3,(H,21,24). The molecule has 0 fully saturated rings. The number of hydrogen-bond acceptors (Lipinski definition) is 4. The first-order chi connectivity index (χ1) is 11.6. The summed E-state index contributed by atoms with van der Waals surface area (Å²) in [6.07, 6.45) is 0. The van der Waals surface area contributed by atoms with Crippen molar-refractivity contribution in [2.75, 3.05) is 17.2 Å². The lowest BCUT2D eigenvalue weighted by molar-refractivity contribution is -0.115. The number of pyridine rings is 1. The molecule has 0 aliphatic heterocycles. The number of hydrogen-bond donors (Lipinski definition) is 2. The van der Waals surface area contributed by atoms with Crippen molar-refractivity contribution in [3.63, 3.8) is 0 Å². The number of amides is 1. The monoisotopic (exact) mass is 319 g/mol. The molecule has 0 unspecified atom stereocenters. The van der Waals surface area contributed by atoms with Crippen LogP contribution in [0.2, 0.25) is 0 Å². The molecule has 0 aliphatic rings. The van der Waals surface area contributed by atoms with Gasteiger partial charge in [0.1, 0.15) is 5.78 Å². The number of nitrogens with one attached hydrogen (secondary N) is 2. The summed E-state index contributed by atoms with van der Waals surface area (Å²) in [7, 11) is 0. The lowest BCUT2D eigenvalue weighted by atomic mass is 10.1. The first-order valence-corrected chi connectivity index (χ1v) is 7.63. The van der Waals surface area contributed by atoms with E-state index in [1.807, 2.05) is 60.7 Å². The third-order valence-electron chi connectivity index (χ3n) is 3.50. The number of fused-ring (bicyclic) bond motifs is 1. The van der Waals surface area contributed by atoms with E-state index in [0.29, 0.717) is 11.4 Å². The average molecular weight is 319 g/mol. The SMILES string of the molecule is CC(=O)CNc1cc2ccccc2nc1C(=O)Nc1ccccc1. The quantitative estimate of drug-likeness (QED) is 0.755. The molecular formula is C19H17N3O2. The third-order valence-corrected chi connectivity index (χ3v) is 3.50. The van der Waals surface area contributed by atoms with Crippen LogP contribution in [0.15, 0.2) is 60.7 Å². The van der Waals surface area contributed by atoms with E-state index < -0.39 is 0 Å². The van der Waals surface area contributed by atoms with Crippen LogP contribution in [0, 0.1) is 0 Å². The van der Waals surface area contributed by atoms with Gasteiger partial charge >= 0.3 is 0 Å². The van der Waals surface area contributed by atoms with E-state index in [4.69, 9.17) is 0 Å². The zero-order valence-corrected chi connectivity index (χ0v) is 13.2. The number of aromatic nitrogens is 1. The molecule has 2 aromatic carbocycles. The number of benzene rings is 2. The van der Waals surface area contributed by atoms with Gasteiger partial charge in [0.05, 0.1) is 17.7 Å². The minimum Gasteiger partial charge on any atom is -0.376 e. The van der Waals surface area contributed by atoms with Gasteiger partial charge in [-0.1, -0.05) is 36.4 Å². The van der Waals surface area contributed by atoms with E-state index in [-0.39, 0.29) is 23.9 Å². The summed E-state index contributed by atoms with van der Waals surface area (Å²) in [5, 5.41) is 6.73. The molecule has 0 saturated carbocycles. The number of ketones is 1. The summed E-state index contributed by atoms with van der Waals surface area (Å²) < 4.78 is 0. The fourth-order valence-electron chi connectivity index (χ4n) is 2.36. The maximum Gasteiger partial charge on any atom is 0.276 e. The molecule has 0 aliphatic carbocycles. The summed E-state index contributed by atoms with van der Waals surface area (Å²) >= 11 is 0.